The summed E-state index contributed by atoms with van der Waals surface area (Å²) in [5, 5.41) is 9.83. The van der Waals surface area contributed by atoms with Crippen LogP contribution in [0.25, 0.3) is 0 Å². The number of primary amides is 1. The zero-order valence-corrected chi connectivity index (χ0v) is 9.54. The van der Waals surface area contributed by atoms with Gasteiger partial charge in [-0.25, -0.2) is 9.86 Å². The molecule has 1 fully saturated rings. The minimum absolute atomic E-state index is 0.342. The first-order valence-electron chi connectivity index (χ1n) is 6.02. The Bertz CT molecular complexity index is 460. The van der Waals surface area contributed by atoms with Gasteiger partial charge in [0.1, 0.15) is 0 Å². The van der Waals surface area contributed by atoms with Crippen LogP contribution in [-0.4, -0.2) is 22.8 Å². The highest BCUT2D eigenvalue weighted by atomic mass is 16.5. The smallest absolute Gasteiger partial charge is 0.338 e. The fraction of sp³-hybridized carbons (Fsp3) is 0.462. The first-order valence-corrected chi connectivity index (χ1v) is 6.02. The number of nitrogens with zero attached hydrogens (tertiary/aromatic N) is 1. The number of nitrogens with two attached hydrogens (primary N) is 1. The topological polar surface area (TPSA) is 66.6 Å². The molecule has 0 aliphatic heterocycles. The van der Waals surface area contributed by atoms with Crippen LogP contribution < -0.4 is 5.73 Å². The van der Waals surface area contributed by atoms with E-state index >= 15 is 0 Å². The van der Waals surface area contributed by atoms with Gasteiger partial charge < -0.3 is 5.73 Å². The summed E-state index contributed by atoms with van der Waals surface area (Å²) in [5.41, 5.74) is 7.90. The molecule has 1 aromatic carbocycles. The Kier molecular flexibility index (Phi) is 2.33. The van der Waals surface area contributed by atoms with Crippen molar-refractivity contribution in [3.8, 4) is 0 Å². The number of rotatable bonds is 3. The van der Waals surface area contributed by atoms with Crippen LogP contribution in [-0.2, 0) is 6.42 Å². The number of benzene rings is 1. The number of carbonyl (C=O) groups is 1. The highest BCUT2D eigenvalue weighted by molar-refractivity contribution is 5.70. The first kappa shape index (κ1) is 10.6. The van der Waals surface area contributed by atoms with Crippen molar-refractivity contribution in [2.75, 3.05) is 6.54 Å². The molecule has 2 amide bonds. The molecule has 2 aliphatic carbocycles. The molecule has 3 atom stereocenters. The molecule has 3 unspecified atom stereocenters. The molecule has 0 heterocycles. The lowest BCUT2D eigenvalue weighted by atomic mass is 10.0. The van der Waals surface area contributed by atoms with Crippen molar-refractivity contribution in [1.82, 2.24) is 5.06 Å². The zero-order chi connectivity index (χ0) is 12.0. The van der Waals surface area contributed by atoms with Crippen molar-refractivity contribution in [1.29, 1.82) is 0 Å². The van der Waals surface area contributed by atoms with Crippen LogP contribution in [0, 0.1) is 11.8 Å². The lowest BCUT2D eigenvalue weighted by Gasteiger charge is -2.12. The molecule has 0 spiro atoms. The predicted molar refractivity (Wildman–Crippen MR) is 62.6 cm³/mol. The van der Waals surface area contributed by atoms with E-state index in [1.807, 2.05) is 0 Å². The van der Waals surface area contributed by atoms with Crippen molar-refractivity contribution < 1.29 is 10.0 Å². The summed E-state index contributed by atoms with van der Waals surface area (Å²) in [6.45, 7) is 0.342. The van der Waals surface area contributed by atoms with Crippen molar-refractivity contribution in [2.24, 2.45) is 17.6 Å². The summed E-state index contributed by atoms with van der Waals surface area (Å²) in [4.78, 5) is 10.7. The van der Waals surface area contributed by atoms with E-state index in [9.17, 15) is 10.0 Å². The van der Waals surface area contributed by atoms with Crippen LogP contribution in [0.15, 0.2) is 24.3 Å². The van der Waals surface area contributed by atoms with E-state index in [1.165, 1.54) is 11.1 Å². The summed E-state index contributed by atoms with van der Waals surface area (Å²) in [7, 11) is 0. The second-order valence-corrected chi connectivity index (χ2v) is 5.01. The van der Waals surface area contributed by atoms with Crippen LogP contribution in [0.5, 0.6) is 0 Å². The number of hydrogen-bond acceptors (Lipinski definition) is 2. The lowest BCUT2D eigenvalue weighted by Crippen LogP contribution is -2.33. The van der Waals surface area contributed by atoms with Crippen molar-refractivity contribution in [2.45, 2.75) is 18.8 Å². The number of urea groups is 1. The Morgan fingerprint density at radius 3 is 3.00 bits per heavy atom. The van der Waals surface area contributed by atoms with Gasteiger partial charge in [0.25, 0.3) is 0 Å². The maximum atomic E-state index is 10.7. The minimum atomic E-state index is -0.767. The Labute approximate surface area is 100.0 Å². The third kappa shape index (κ3) is 1.69. The van der Waals surface area contributed by atoms with E-state index in [0.717, 1.165) is 12.8 Å². The molecule has 0 saturated heterocycles. The van der Waals surface area contributed by atoms with Gasteiger partial charge in [0.15, 0.2) is 0 Å². The van der Waals surface area contributed by atoms with E-state index in [-0.39, 0.29) is 0 Å². The molecule has 4 nitrogen and oxygen atoms in total. The fourth-order valence-electron chi connectivity index (χ4n) is 3.26. The minimum Gasteiger partial charge on any atom is -0.350 e. The van der Waals surface area contributed by atoms with Crippen LogP contribution in [0.1, 0.15) is 23.5 Å². The van der Waals surface area contributed by atoms with Crippen LogP contribution in [0.3, 0.4) is 0 Å². The number of hydroxylamine groups is 2. The number of fused-ring (bicyclic) bond motifs is 3. The average molecular weight is 232 g/mol. The lowest BCUT2D eigenvalue weighted by molar-refractivity contribution is -0.0412. The summed E-state index contributed by atoms with van der Waals surface area (Å²) in [6, 6.07) is 7.79. The van der Waals surface area contributed by atoms with Crippen molar-refractivity contribution in [3.05, 3.63) is 35.4 Å². The Morgan fingerprint density at radius 1 is 1.47 bits per heavy atom. The molecule has 4 heteroatoms. The standard InChI is InChI=1S/C13H16N2O2/c14-13(16)15(17)6-5-10-11-7-8-3-1-2-4-9(8)12(10)11/h1-4,10-12,17H,5-7H2,(H2,14,16). The molecule has 0 bridgehead atoms. The molecule has 0 aromatic heterocycles. The van der Waals surface area contributed by atoms with Crippen molar-refractivity contribution in [3.63, 3.8) is 0 Å². The highest BCUT2D eigenvalue weighted by Crippen LogP contribution is 2.62. The quantitative estimate of drug-likeness (QED) is 0.615. The summed E-state index contributed by atoms with van der Waals surface area (Å²) < 4.78 is 0. The van der Waals surface area contributed by atoms with Crippen LogP contribution in [0.2, 0.25) is 0 Å². The van der Waals surface area contributed by atoms with E-state index in [2.05, 4.69) is 24.3 Å². The van der Waals surface area contributed by atoms with E-state index in [1.54, 1.807) is 0 Å². The monoisotopic (exact) mass is 232 g/mol. The van der Waals surface area contributed by atoms with Crippen LogP contribution in [0.4, 0.5) is 4.79 Å². The maximum absolute atomic E-state index is 10.7. The molecule has 1 saturated carbocycles. The van der Waals surface area contributed by atoms with E-state index in [0.29, 0.717) is 29.4 Å². The van der Waals surface area contributed by atoms with E-state index < -0.39 is 6.03 Å². The highest BCUT2D eigenvalue weighted by Gasteiger charge is 2.54. The molecule has 3 rings (SSSR count). The molecule has 0 radical (unpaired) electrons. The largest absolute Gasteiger partial charge is 0.350 e. The Morgan fingerprint density at radius 2 is 2.24 bits per heavy atom. The molecule has 90 valence electrons. The number of amides is 2. The number of hydrogen-bond donors (Lipinski definition) is 2. The Balaban J connectivity index is 1.60. The summed E-state index contributed by atoms with van der Waals surface area (Å²) in [5.74, 6) is 1.97. The fourth-order valence-corrected chi connectivity index (χ4v) is 3.26. The molecular weight excluding hydrogens is 216 g/mol. The van der Waals surface area contributed by atoms with Gasteiger partial charge in [-0.2, -0.15) is 0 Å². The average Bonchev–Trinajstić information content (AvgIpc) is 2.85. The SMILES string of the molecule is NC(=O)N(O)CCC1C2Cc3ccccc3C12. The van der Waals surface area contributed by atoms with Gasteiger partial charge in [0.2, 0.25) is 0 Å². The first-order chi connectivity index (χ1) is 8.18. The summed E-state index contributed by atoms with van der Waals surface area (Å²) in [6.07, 6.45) is 1.98. The third-order valence-electron chi connectivity index (χ3n) is 4.13. The number of carbonyl (C=O) groups excluding carboxylic acids is 1. The predicted octanol–water partition coefficient (Wildman–Crippen LogP) is 1.73. The molecule has 2 aliphatic rings. The summed E-state index contributed by atoms with van der Waals surface area (Å²) >= 11 is 0. The van der Waals surface area contributed by atoms with Gasteiger partial charge in [-0.05, 0) is 41.7 Å². The molecule has 3 N–H and O–H groups in total. The molecule has 1 aromatic rings. The second-order valence-electron chi connectivity index (χ2n) is 5.01. The van der Waals surface area contributed by atoms with Gasteiger partial charge in [-0.1, -0.05) is 24.3 Å². The normalized spacial score (nSPS) is 28.4. The van der Waals surface area contributed by atoms with Gasteiger partial charge in [0, 0.05) is 0 Å². The third-order valence-corrected chi connectivity index (χ3v) is 4.13. The van der Waals surface area contributed by atoms with E-state index in [4.69, 9.17) is 5.73 Å². The Hall–Kier alpha value is -1.55. The van der Waals surface area contributed by atoms with Gasteiger partial charge in [-0.3, -0.25) is 5.21 Å². The van der Waals surface area contributed by atoms with Gasteiger partial charge in [-0.15, -0.1) is 0 Å². The van der Waals surface area contributed by atoms with Crippen molar-refractivity contribution >= 4 is 6.03 Å². The molecular formula is C13H16N2O2. The van der Waals surface area contributed by atoms with Gasteiger partial charge in [0.05, 0.1) is 6.54 Å². The van der Waals surface area contributed by atoms with Crippen LogP contribution >= 0.6 is 0 Å². The second kappa shape index (κ2) is 3.74. The zero-order valence-electron chi connectivity index (χ0n) is 9.54. The van der Waals surface area contributed by atoms with Gasteiger partial charge >= 0.3 is 6.03 Å². The molecule has 17 heavy (non-hydrogen) atoms. The maximum Gasteiger partial charge on any atom is 0.338 e.